The van der Waals surface area contributed by atoms with Gasteiger partial charge in [-0.25, -0.2) is 0 Å². The molecule has 0 radical (unpaired) electrons. The van der Waals surface area contributed by atoms with Crippen molar-refractivity contribution in [2.75, 3.05) is 4.90 Å². The Morgan fingerprint density at radius 2 is 2.09 bits per heavy atom. The van der Waals surface area contributed by atoms with E-state index in [1.54, 1.807) is 6.92 Å². The molecule has 4 heteroatoms. The molecular formula is C18H18ClNO2. The third kappa shape index (κ3) is 1.88. The predicted molar refractivity (Wildman–Crippen MR) is 87.1 cm³/mol. The summed E-state index contributed by atoms with van der Waals surface area (Å²) in [6.07, 6.45) is 5.34. The molecule has 22 heavy (non-hydrogen) atoms. The van der Waals surface area contributed by atoms with Crippen LogP contribution in [0.15, 0.2) is 30.3 Å². The topological polar surface area (TPSA) is 37.4 Å². The lowest BCUT2D eigenvalue weighted by molar-refractivity contribution is -0.126. The van der Waals surface area contributed by atoms with Gasteiger partial charge in [0, 0.05) is 23.4 Å². The van der Waals surface area contributed by atoms with Gasteiger partial charge in [0.25, 0.3) is 0 Å². The molecule has 2 aliphatic heterocycles. The van der Waals surface area contributed by atoms with Gasteiger partial charge in [-0.15, -0.1) is 11.6 Å². The number of alkyl halides is 1. The Morgan fingerprint density at radius 3 is 2.86 bits per heavy atom. The maximum atomic E-state index is 12.6. The molecule has 1 aliphatic carbocycles. The van der Waals surface area contributed by atoms with Crippen molar-refractivity contribution in [2.24, 2.45) is 11.8 Å². The molecule has 114 valence electrons. The number of benzene rings is 1. The molecule has 2 fully saturated rings. The van der Waals surface area contributed by atoms with Gasteiger partial charge in [0.05, 0.1) is 12.1 Å². The molecular weight excluding hydrogens is 298 g/mol. The molecule has 0 amide bonds. The first kappa shape index (κ1) is 14.0. The average Bonchev–Trinajstić information content (AvgIpc) is 2.81. The van der Waals surface area contributed by atoms with E-state index < -0.39 is 0 Å². The van der Waals surface area contributed by atoms with Crippen LogP contribution in [0.4, 0.5) is 5.69 Å². The molecule has 3 aliphatic rings. The van der Waals surface area contributed by atoms with Gasteiger partial charge in [0.1, 0.15) is 5.78 Å². The van der Waals surface area contributed by atoms with Crippen molar-refractivity contribution >= 4 is 34.9 Å². The van der Waals surface area contributed by atoms with E-state index in [-0.39, 0.29) is 40.9 Å². The van der Waals surface area contributed by atoms with E-state index >= 15 is 0 Å². The summed E-state index contributed by atoms with van der Waals surface area (Å²) >= 11 is 6.28. The minimum absolute atomic E-state index is 0.00883. The highest BCUT2D eigenvalue weighted by atomic mass is 35.5. The van der Waals surface area contributed by atoms with Crippen molar-refractivity contribution in [1.29, 1.82) is 0 Å². The van der Waals surface area contributed by atoms with E-state index in [9.17, 15) is 9.59 Å². The minimum Gasteiger partial charge on any atom is -0.354 e. The Balaban J connectivity index is 1.86. The number of ketones is 2. The smallest absolute Gasteiger partial charge is 0.152 e. The van der Waals surface area contributed by atoms with Crippen molar-refractivity contribution in [3.05, 3.63) is 35.9 Å². The van der Waals surface area contributed by atoms with Crippen LogP contribution in [0.5, 0.6) is 0 Å². The number of Topliss-reactive ketones (excluding diaryl/α,β-unsaturated/α-hetero) is 2. The SMILES string of the molecule is CC(=O)[C@@H]1[C@@H]2C[C@H](Cl)CC(=O)[C@@H]2[C@@H]2C=Cc3ccccc3N12. The Hall–Kier alpha value is -1.61. The van der Waals surface area contributed by atoms with E-state index in [1.165, 1.54) is 0 Å². The quantitative estimate of drug-likeness (QED) is 0.747. The largest absolute Gasteiger partial charge is 0.354 e. The van der Waals surface area contributed by atoms with Crippen molar-refractivity contribution in [1.82, 2.24) is 0 Å². The fraction of sp³-hybridized carbons (Fsp3) is 0.444. The first-order valence-electron chi connectivity index (χ1n) is 7.80. The second-order valence-corrected chi connectivity index (χ2v) is 7.18. The average molecular weight is 316 g/mol. The second-order valence-electron chi connectivity index (χ2n) is 6.56. The minimum atomic E-state index is -0.244. The number of halogens is 1. The summed E-state index contributed by atoms with van der Waals surface area (Å²) in [6.45, 7) is 1.63. The van der Waals surface area contributed by atoms with Crippen LogP contribution < -0.4 is 4.90 Å². The van der Waals surface area contributed by atoms with Crippen molar-refractivity contribution in [2.45, 2.75) is 37.2 Å². The van der Waals surface area contributed by atoms with Gasteiger partial charge in [-0.05, 0) is 30.9 Å². The lowest BCUT2D eigenvalue weighted by Gasteiger charge is -2.34. The Kier molecular flexibility index (Phi) is 3.15. The van der Waals surface area contributed by atoms with Gasteiger partial charge < -0.3 is 4.90 Å². The normalized spacial score (nSPS) is 35.8. The number of nitrogens with zero attached hydrogens (tertiary/aromatic N) is 1. The van der Waals surface area contributed by atoms with Gasteiger partial charge in [-0.3, -0.25) is 9.59 Å². The van der Waals surface area contributed by atoms with E-state index in [4.69, 9.17) is 11.6 Å². The number of carbonyl (C=O) groups excluding carboxylic acids is 2. The molecule has 4 rings (SSSR count). The molecule has 0 aromatic heterocycles. The van der Waals surface area contributed by atoms with Crippen LogP contribution in [0.2, 0.25) is 0 Å². The molecule has 1 aromatic carbocycles. The number of para-hydroxylation sites is 1. The monoisotopic (exact) mass is 315 g/mol. The summed E-state index contributed by atoms with van der Waals surface area (Å²) in [5.41, 5.74) is 2.17. The molecule has 5 atom stereocenters. The zero-order valence-electron chi connectivity index (χ0n) is 12.4. The van der Waals surface area contributed by atoms with Gasteiger partial charge in [-0.2, -0.15) is 0 Å². The number of rotatable bonds is 1. The zero-order chi connectivity index (χ0) is 15.4. The van der Waals surface area contributed by atoms with E-state index in [2.05, 4.69) is 17.1 Å². The van der Waals surface area contributed by atoms with Gasteiger partial charge in [-0.1, -0.05) is 30.4 Å². The Labute approximate surface area is 134 Å². The predicted octanol–water partition coefficient (Wildman–Crippen LogP) is 3.06. The highest BCUT2D eigenvalue weighted by Gasteiger charge is 2.55. The molecule has 0 unspecified atom stereocenters. The summed E-state index contributed by atoms with van der Waals surface area (Å²) in [4.78, 5) is 27.1. The lowest BCUT2D eigenvalue weighted by atomic mass is 9.74. The number of carbonyl (C=O) groups is 2. The molecule has 2 heterocycles. The Morgan fingerprint density at radius 1 is 1.32 bits per heavy atom. The van der Waals surface area contributed by atoms with Gasteiger partial charge in [0.15, 0.2) is 5.78 Å². The van der Waals surface area contributed by atoms with E-state index in [0.717, 1.165) is 17.7 Å². The van der Waals surface area contributed by atoms with Crippen LogP contribution in [0.25, 0.3) is 6.08 Å². The molecule has 1 saturated carbocycles. The van der Waals surface area contributed by atoms with E-state index in [1.807, 2.05) is 24.3 Å². The van der Waals surface area contributed by atoms with Crippen molar-refractivity contribution in [3.8, 4) is 0 Å². The standard InChI is InChI=1S/C18H18ClNO2/c1-10(21)18-13-8-12(19)9-16(22)17(13)15-7-6-11-4-2-3-5-14(11)20(15)18/h2-7,12-13,15,17-18H,8-9H2,1H3/t12-,13+,15-,17-,18+/m0/s1. The molecule has 3 nitrogen and oxygen atoms in total. The molecule has 0 N–H and O–H groups in total. The molecule has 1 saturated heterocycles. The van der Waals surface area contributed by atoms with E-state index in [0.29, 0.717) is 6.42 Å². The van der Waals surface area contributed by atoms with Crippen LogP contribution in [-0.2, 0) is 9.59 Å². The van der Waals surface area contributed by atoms with Crippen LogP contribution >= 0.6 is 11.6 Å². The fourth-order valence-corrected chi connectivity index (χ4v) is 4.90. The number of anilines is 1. The summed E-state index contributed by atoms with van der Waals surface area (Å²) < 4.78 is 0. The van der Waals surface area contributed by atoms with Crippen LogP contribution in [0.1, 0.15) is 25.3 Å². The maximum absolute atomic E-state index is 12.6. The van der Waals surface area contributed by atoms with Crippen molar-refractivity contribution in [3.63, 3.8) is 0 Å². The third-order valence-corrected chi connectivity index (χ3v) is 5.61. The highest BCUT2D eigenvalue weighted by molar-refractivity contribution is 6.22. The number of fused-ring (bicyclic) bond motifs is 5. The Bertz CT molecular complexity index is 683. The second kappa shape index (κ2) is 4.95. The summed E-state index contributed by atoms with van der Waals surface area (Å²) in [6, 6.07) is 7.82. The first-order valence-corrected chi connectivity index (χ1v) is 8.24. The molecule has 0 bridgehead atoms. The van der Waals surface area contributed by atoms with Gasteiger partial charge >= 0.3 is 0 Å². The number of hydrogen-bond donors (Lipinski definition) is 0. The third-order valence-electron chi connectivity index (χ3n) is 5.28. The molecule has 0 spiro atoms. The fourth-order valence-electron chi connectivity index (χ4n) is 4.54. The first-order chi connectivity index (χ1) is 10.6. The number of hydrogen-bond acceptors (Lipinski definition) is 3. The zero-order valence-corrected chi connectivity index (χ0v) is 13.2. The molecule has 1 aromatic rings. The summed E-state index contributed by atoms with van der Waals surface area (Å²) in [7, 11) is 0. The van der Waals surface area contributed by atoms with Crippen LogP contribution in [-0.4, -0.2) is 29.0 Å². The van der Waals surface area contributed by atoms with Crippen LogP contribution in [0, 0.1) is 11.8 Å². The summed E-state index contributed by atoms with van der Waals surface area (Å²) in [5.74, 6) is 0.260. The maximum Gasteiger partial charge on any atom is 0.152 e. The van der Waals surface area contributed by atoms with Crippen molar-refractivity contribution < 1.29 is 9.59 Å². The highest BCUT2D eigenvalue weighted by Crippen LogP contribution is 2.49. The van der Waals surface area contributed by atoms with Gasteiger partial charge in [0.2, 0.25) is 0 Å². The lowest BCUT2D eigenvalue weighted by Crippen LogP contribution is -2.43. The van der Waals surface area contributed by atoms with Crippen LogP contribution in [0.3, 0.4) is 0 Å². The summed E-state index contributed by atoms with van der Waals surface area (Å²) in [5, 5.41) is -0.142.